The molecule has 0 saturated carbocycles. The van der Waals surface area contributed by atoms with Gasteiger partial charge in [-0.05, 0) is 30.5 Å². The van der Waals surface area contributed by atoms with E-state index in [1.165, 1.54) is 0 Å². The van der Waals surface area contributed by atoms with Gasteiger partial charge in [-0.2, -0.15) is 0 Å². The number of hydrogen-bond acceptors (Lipinski definition) is 3. The van der Waals surface area contributed by atoms with E-state index in [-0.39, 0.29) is 18.6 Å². The number of hydrogen-bond donors (Lipinski definition) is 1. The van der Waals surface area contributed by atoms with Crippen molar-refractivity contribution in [3.8, 4) is 5.75 Å². The predicted octanol–water partition coefficient (Wildman–Crippen LogP) is 1.22. The molecule has 1 amide bonds. The second-order valence-electron chi connectivity index (χ2n) is 4.59. The lowest BCUT2D eigenvalue weighted by Crippen LogP contribution is -2.38. The highest BCUT2D eigenvalue weighted by Gasteiger charge is 2.27. The first-order chi connectivity index (χ1) is 8.74. The quantitative estimate of drug-likeness (QED) is 0.873. The molecule has 1 saturated heterocycles. The minimum Gasteiger partial charge on any atom is -0.497 e. The van der Waals surface area contributed by atoms with Crippen molar-refractivity contribution in [3.05, 3.63) is 29.8 Å². The molecule has 0 spiro atoms. The fourth-order valence-corrected chi connectivity index (χ4v) is 2.37. The molecule has 4 nitrogen and oxygen atoms in total. The molecule has 0 bridgehead atoms. The monoisotopic (exact) mass is 249 g/mol. The molecule has 18 heavy (non-hydrogen) atoms. The van der Waals surface area contributed by atoms with Gasteiger partial charge in [0.2, 0.25) is 5.91 Å². The number of carbonyl (C=O) groups excluding carboxylic acids is 1. The first-order valence-electron chi connectivity index (χ1n) is 6.28. The Labute approximate surface area is 107 Å². The summed E-state index contributed by atoms with van der Waals surface area (Å²) >= 11 is 0. The lowest BCUT2D eigenvalue weighted by molar-refractivity contribution is -0.131. The summed E-state index contributed by atoms with van der Waals surface area (Å²) in [6.07, 6.45) is 2.28. The molecule has 1 aromatic carbocycles. The molecule has 0 unspecified atom stereocenters. The number of carbonyl (C=O) groups is 1. The van der Waals surface area contributed by atoms with Crippen LogP contribution in [0.3, 0.4) is 0 Å². The Morgan fingerprint density at radius 3 is 2.78 bits per heavy atom. The Hall–Kier alpha value is -1.55. The summed E-state index contributed by atoms with van der Waals surface area (Å²) in [6, 6.07) is 7.53. The van der Waals surface area contributed by atoms with Crippen LogP contribution >= 0.6 is 0 Å². The topological polar surface area (TPSA) is 49.8 Å². The minimum absolute atomic E-state index is 0.00995. The van der Waals surface area contributed by atoms with Crippen molar-refractivity contribution < 1.29 is 14.6 Å². The SMILES string of the molecule is COc1ccc(CC(=O)N2CCC[C@@H]2CO)cc1. The van der Waals surface area contributed by atoms with Crippen molar-refractivity contribution in [3.63, 3.8) is 0 Å². The van der Waals surface area contributed by atoms with Crippen molar-refractivity contribution in [1.82, 2.24) is 4.90 Å². The van der Waals surface area contributed by atoms with Gasteiger partial charge in [-0.15, -0.1) is 0 Å². The van der Waals surface area contributed by atoms with Crippen LogP contribution in [0.2, 0.25) is 0 Å². The average Bonchev–Trinajstić information content (AvgIpc) is 2.88. The third-order valence-corrected chi connectivity index (χ3v) is 3.42. The zero-order valence-electron chi connectivity index (χ0n) is 10.6. The number of rotatable bonds is 4. The van der Waals surface area contributed by atoms with Crippen molar-refractivity contribution in [2.24, 2.45) is 0 Å². The molecule has 1 heterocycles. The summed E-state index contributed by atoms with van der Waals surface area (Å²) in [5.41, 5.74) is 0.976. The molecule has 2 rings (SSSR count). The predicted molar refractivity (Wildman–Crippen MR) is 68.5 cm³/mol. The number of nitrogens with zero attached hydrogens (tertiary/aromatic N) is 1. The molecule has 1 aliphatic heterocycles. The summed E-state index contributed by atoms with van der Waals surface area (Å²) in [4.78, 5) is 13.9. The fourth-order valence-electron chi connectivity index (χ4n) is 2.37. The Bertz CT molecular complexity index is 402. The van der Waals surface area contributed by atoms with E-state index < -0.39 is 0 Å². The van der Waals surface area contributed by atoms with Gasteiger partial charge in [0.05, 0.1) is 26.2 Å². The summed E-state index contributed by atoms with van der Waals surface area (Å²) in [5.74, 6) is 0.886. The van der Waals surface area contributed by atoms with E-state index >= 15 is 0 Å². The molecule has 1 aromatic rings. The van der Waals surface area contributed by atoms with Gasteiger partial charge in [0.1, 0.15) is 5.75 Å². The Morgan fingerprint density at radius 1 is 1.44 bits per heavy atom. The van der Waals surface area contributed by atoms with Crippen molar-refractivity contribution in [1.29, 1.82) is 0 Å². The number of benzene rings is 1. The van der Waals surface area contributed by atoms with Crippen LogP contribution in [-0.4, -0.2) is 42.2 Å². The second-order valence-corrected chi connectivity index (χ2v) is 4.59. The van der Waals surface area contributed by atoms with Gasteiger partial charge in [0.25, 0.3) is 0 Å². The van der Waals surface area contributed by atoms with E-state index in [2.05, 4.69) is 0 Å². The zero-order chi connectivity index (χ0) is 13.0. The van der Waals surface area contributed by atoms with E-state index in [1.54, 1.807) is 12.0 Å². The van der Waals surface area contributed by atoms with E-state index in [0.29, 0.717) is 6.42 Å². The first-order valence-corrected chi connectivity index (χ1v) is 6.28. The summed E-state index contributed by atoms with van der Waals surface area (Å²) in [7, 11) is 1.62. The van der Waals surface area contributed by atoms with Crippen LogP contribution in [0, 0.1) is 0 Å². The van der Waals surface area contributed by atoms with E-state index in [9.17, 15) is 9.90 Å². The molecule has 4 heteroatoms. The summed E-state index contributed by atoms with van der Waals surface area (Å²) < 4.78 is 5.08. The molecule has 1 aliphatic rings. The third kappa shape index (κ3) is 2.82. The number of amides is 1. The first kappa shape index (κ1) is 12.9. The molecule has 1 fully saturated rings. The van der Waals surface area contributed by atoms with Crippen LogP contribution in [0.15, 0.2) is 24.3 Å². The Kier molecular flexibility index (Phi) is 4.20. The highest BCUT2D eigenvalue weighted by molar-refractivity contribution is 5.79. The van der Waals surface area contributed by atoms with E-state index in [0.717, 1.165) is 30.7 Å². The maximum Gasteiger partial charge on any atom is 0.227 e. The molecule has 1 atom stereocenters. The standard InChI is InChI=1S/C14H19NO3/c1-18-13-6-4-11(5-7-13)9-14(17)15-8-2-3-12(15)10-16/h4-7,12,16H,2-3,8-10H2,1H3/t12-/m1/s1. The molecule has 0 aliphatic carbocycles. The highest BCUT2D eigenvalue weighted by Crippen LogP contribution is 2.19. The zero-order valence-corrected chi connectivity index (χ0v) is 10.6. The van der Waals surface area contributed by atoms with Crippen LogP contribution in [0.4, 0.5) is 0 Å². The van der Waals surface area contributed by atoms with Gasteiger partial charge in [-0.25, -0.2) is 0 Å². The van der Waals surface area contributed by atoms with E-state index in [1.807, 2.05) is 24.3 Å². The second kappa shape index (κ2) is 5.87. The number of aliphatic hydroxyl groups is 1. The maximum atomic E-state index is 12.1. The molecule has 0 radical (unpaired) electrons. The molecule has 1 N–H and O–H groups in total. The highest BCUT2D eigenvalue weighted by atomic mass is 16.5. The number of aliphatic hydroxyl groups excluding tert-OH is 1. The van der Waals surface area contributed by atoms with Gasteiger partial charge in [0.15, 0.2) is 0 Å². The normalized spacial score (nSPS) is 19.0. The van der Waals surface area contributed by atoms with Gasteiger partial charge in [0, 0.05) is 6.54 Å². The number of likely N-dealkylation sites (tertiary alicyclic amines) is 1. The van der Waals surface area contributed by atoms with Gasteiger partial charge < -0.3 is 14.7 Å². The smallest absolute Gasteiger partial charge is 0.227 e. The van der Waals surface area contributed by atoms with Crippen LogP contribution in [0.5, 0.6) is 5.75 Å². The van der Waals surface area contributed by atoms with Crippen molar-refractivity contribution in [2.45, 2.75) is 25.3 Å². The van der Waals surface area contributed by atoms with Crippen LogP contribution in [0.25, 0.3) is 0 Å². The fraction of sp³-hybridized carbons (Fsp3) is 0.500. The largest absolute Gasteiger partial charge is 0.497 e. The van der Waals surface area contributed by atoms with Crippen molar-refractivity contribution >= 4 is 5.91 Å². The summed E-state index contributed by atoms with van der Waals surface area (Å²) in [5, 5.41) is 9.21. The van der Waals surface area contributed by atoms with Crippen LogP contribution < -0.4 is 4.74 Å². The van der Waals surface area contributed by atoms with Gasteiger partial charge >= 0.3 is 0 Å². The van der Waals surface area contributed by atoms with Gasteiger partial charge in [-0.1, -0.05) is 12.1 Å². The molecular weight excluding hydrogens is 230 g/mol. The van der Waals surface area contributed by atoms with Crippen LogP contribution in [0.1, 0.15) is 18.4 Å². The van der Waals surface area contributed by atoms with Gasteiger partial charge in [-0.3, -0.25) is 4.79 Å². The maximum absolute atomic E-state index is 12.1. The Morgan fingerprint density at radius 2 is 2.17 bits per heavy atom. The van der Waals surface area contributed by atoms with Crippen molar-refractivity contribution in [2.75, 3.05) is 20.3 Å². The number of methoxy groups -OCH3 is 1. The van der Waals surface area contributed by atoms with E-state index in [4.69, 9.17) is 4.74 Å². The Balaban J connectivity index is 1.97. The minimum atomic E-state index is 0.00995. The molecular formula is C14H19NO3. The third-order valence-electron chi connectivity index (χ3n) is 3.42. The number of ether oxygens (including phenoxy) is 1. The lowest BCUT2D eigenvalue weighted by Gasteiger charge is -2.23. The molecule has 98 valence electrons. The summed E-state index contributed by atoms with van der Waals surface area (Å²) in [6.45, 7) is 0.828. The van der Waals surface area contributed by atoms with Crippen LogP contribution in [-0.2, 0) is 11.2 Å². The average molecular weight is 249 g/mol. The molecule has 0 aromatic heterocycles. The lowest BCUT2D eigenvalue weighted by atomic mass is 10.1.